The third-order valence-electron chi connectivity index (χ3n) is 6.12. The van der Waals surface area contributed by atoms with Crippen molar-refractivity contribution < 1.29 is 18.0 Å². The third-order valence-corrected chi connectivity index (χ3v) is 8.04. The highest BCUT2D eigenvalue weighted by Crippen LogP contribution is 2.26. The first-order chi connectivity index (χ1) is 16.0. The fourth-order valence-electron chi connectivity index (χ4n) is 4.35. The van der Waals surface area contributed by atoms with E-state index in [-0.39, 0.29) is 42.3 Å². The van der Waals surface area contributed by atoms with Crippen LogP contribution in [0.4, 0.5) is 5.69 Å². The number of rotatable bonds is 6. The topological polar surface area (TPSA) is 111 Å². The van der Waals surface area contributed by atoms with Gasteiger partial charge in [0, 0.05) is 31.7 Å². The van der Waals surface area contributed by atoms with Crippen molar-refractivity contribution in [3.8, 4) is 6.07 Å². The second-order valence-corrected chi connectivity index (χ2v) is 10.8. The largest absolute Gasteiger partial charge is 0.336 e. The zero-order valence-corrected chi connectivity index (χ0v) is 20.8. The number of benzene rings is 2. The summed E-state index contributed by atoms with van der Waals surface area (Å²) in [6, 6.07) is 11.8. The van der Waals surface area contributed by atoms with E-state index in [1.807, 2.05) is 39.0 Å². The average Bonchev–Trinajstić information content (AvgIpc) is 2.81. The summed E-state index contributed by atoms with van der Waals surface area (Å²) in [5.41, 5.74) is 4.21. The molecule has 8 nitrogen and oxygen atoms in total. The average molecular weight is 483 g/mol. The van der Waals surface area contributed by atoms with Crippen molar-refractivity contribution in [2.75, 3.05) is 32.0 Å². The van der Waals surface area contributed by atoms with Crippen LogP contribution in [-0.2, 0) is 19.6 Å². The monoisotopic (exact) mass is 482 g/mol. The molecule has 1 saturated heterocycles. The lowest BCUT2D eigenvalue weighted by Gasteiger charge is -2.32. The van der Waals surface area contributed by atoms with Gasteiger partial charge in [0.25, 0.3) is 0 Å². The minimum Gasteiger partial charge on any atom is -0.336 e. The molecule has 0 radical (unpaired) electrons. The van der Waals surface area contributed by atoms with Crippen molar-refractivity contribution in [1.82, 2.24) is 9.21 Å². The fraction of sp³-hybridized carbons (Fsp3) is 0.400. The molecule has 2 amide bonds. The second kappa shape index (κ2) is 10.4. The molecule has 3 rings (SSSR count). The molecule has 1 N–H and O–H groups in total. The Morgan fingerprint density at radius 3 is 2.18 bits per heavy atom. The van der Waals surface area contributed by atoms with Gasteiger partial charge in [-0.2, -0.15) is 9.57 Å². The van der Waals surface area contributed by atoms with E-state index in [9.17, 15) is 18.0 Å². The van der Waals surface area contributed by atoms with Gasteiger partial charge in [-0.15, -0.1) is 0 Å². The number of hydrogen-bond donors (Lipinski definition) is 1. The number of aryl methyl sites for hydroxylation is 3. The minimum atomic E-state index is -3.69. The molecule has 1 heterocycles. The summed E-state index contributed by atoms with van der Waals surface area (Å²) < 4.78 is 27.1. The number of anilines is 1. The van der Waals surface area contributed by atoms with E-state index in [4.69, 9.17) is 5.26 Å². The van der Waals surface area contributed by atoms with Gasteiger partial charge in [-0.3, -0.25) is 9.59 Å². The van der Waals surface area contributed by atoms with Gasteiger partial charge in [0.2, 0.25) is 21.8 Å². The molecular formula is C25H30N4O4S. The molecular weight excluding hydrogens is 452 g/mol. The van der Waals surface area contributed by atoms with Gasteiger partial charge >= 0.3 is 0 Å². The molecule has 0 atom stereocenters. The fourth-order valence-corrected chi connectivity index (χ4v) is 5.82. The number of carbonyl (C=O) groups is 2. The molecule has 0 saturated carbocycles. The van der Waals surface area contributed by atoms with E-state index in [1.54, 1.807) is 7.05 Å². The molecule has 0 spiro atoms. The standard InChI is InChI=1S/C25H30N4O4S/c1-17-13-18(2)24(19(3)14-17)27-23(30)16-28(4)25(31)21-9-11-29(12-10-21)34(32,33)22-7-5-20(15-26)6-8-22/h5-8,13-14,21H,9-12,16H2,1-4H3,(H,27,30). The molecule has 0 bridgehead atoms. The summed E-state index contributed by atoms with van der Waals surface area (Å²) >= 11 is 0. The van der Waals surface area contributed by atoms with Crippen LogP contribution in [0.15, 0.2) is 41.3 Å². The maximum atomic E-state index is 12.9. The summed E-state index contributed by atoms with van der Waals surface area (Å²) in [4.78, 5) is 27.0. The highest BCUT2D eigenvalue weighted by atomic mass is 32.2. The molecule has 0 aliphatic carbocycles. The number of piperidine rings is 1. The molecule has 180 valence electrons. The van der Waals surface area contributed by atoms with E-state index >= 15 is 0 Å². The number of likely N-dealkylation sites (N-methyl/N-ethyl adjacent to an activating group) is 1. The smallest absolute Gasteiger partial charge is 0.243 e. The molecule has 9 heteroatoms. The van der Waals surface area contributed by atoms with E-state index < -0.39 is 10.0 Å². The van der Waals surface area contributed by atoms with Gasteiger partial charge in [-0.1, -0.05) is 17.7 Å². The van der Waals surface area contributed by atoms with Crippen molar-refractivity contribution in [2.24, 2.45) is 5.92 Å². The van der Waals surface area contributed by atoms with Crippen LogP contribution in [0.2, 0.25) is 0 Å². The lowest BCUT2D eigenvalue weighted by molar-refractivity contribution is -0.138. The Labute approximate surface area is 201 Å². The van der Waals surface area contributed by atoms with Crippen molar-refractivity contribution in [1.29, 1.82) is 5.26 Å². The van der Waals surface area contributed by atoms with Crippen molar-refractivity contribution in [3.05, 3.63) is 58.7 Å². The number of sulfonamides is 1. The maximum absolute atomic E-state index is 12.9. The normalized spacial score (nSPS) is 14.9. The number of carbonyl (C=O) groups excluding carboxylic acids is 2. The van der Waals surface area contributed by atoms with E-state index in [1.165, 1.54) is 33.5 Å². The summed E-state index contributed by atoms with van der Waals surface area (Å²) in [5, 5.41) is 11.8. The second-order valence-electron chi connectivity index (χ2n) is 8.83. The Morgan fingerprint density at radius 2 is 1.65 bits per heavy atom. The van der Waals surface area contributed by atoms with E-state index in [0.29, 0.717) is 18.4 Å². The van der Waals surface area contributed by atoms with Crippen LogP contribution in [0.3, 0.4) is 0 Å². The van der Waals surface area contributed by atoms with Crippen molar-refractivity contribution in [3.63, 3.8) is 0 Å². The first-order valence-corrected chi connectivity index (χ1v) is 12.6. The summed E-state index contributed by atoms with van der Waals surface area (Å²) in [7, 11) is -2.09. The maximum Gasteiger partial charge on any atom is 0.243 e. The summed E-state index contributed by atoms with van der Waals surface area (Å²) in [6.07, 6.45) is 0.771. The zero-order chi connectivity index (χ0) is 25.0. The van der Waals surface area contributed by atoms with Crippen molar-refractivity contribution >= 4 is 27.5 Å². The molecule has 1 aliphatic heterocycles. The van der Waals surface area contributed by atoms with Gasteiger partial charge in [0.1, 0.15) is 0 Å². The highest BCUT2D eigenvalue weighted by molar-refractivity contribution is 7.89. The van der Waals surface area contributed by atoms with Crippen LogP contribution in [0, 0.1) is 38.0 Å². The quantitative estimate of drug-likeness (QED) is 0.681. The lowest BCUT2D eigenvalue weighted by Crippen LogP contribution is -2.45. The Hall–Kier alpha value is -3.22. The number of nitriles is 1. The number of nitrogens with zero attached hydrogens (tertiary/aromatic N) is 3. The Kier molecular flexibility index (Phi) is 7.75. The predicted molar refractivity (Wildman–Crippen MR) is 130 cm³/mol. The predicted octanol–water partition coefficient (Wildman–Crippen LogP) is 2.98. The first-order valence-electron chi connectivity index (χ1n) is 11.2. The Bertz CT molecular complexity index is 1200. The van der Waals surface area contributed by atoms with Gasteiger partial charge in [-0.25, -0.2) is 8.42 Å². The lowest BCUT2D eigenvalue weighted by atomic mass is 9.96. The summed E-state index contributed by atoms with van der Waals surface area (Å²) in [5.74, 6) is -0.775. The number of nitrogens with one attached hydrogen (secondary N) is 1. The van der Waals surface area contributed by atoms with Crippen molar-refractivity contribution in [2.45, 2.75) is 38.5 Å². The molecule has 2 aromatic carbocycles. The zero-order valence-electron chi connectivity index (χ0n) is 20.0. The van der Waals surface area contributed by atoms with Crippen LogP contribution in [-0.4, -0.2) is 56.1 Å². The van der Waals surface area contributed by atoms with Gasteiger partial charge in [0.05, 0.1) is 23.1 Å². The molecule has 1 fully saturated rings. The first kappa shape index (κ1) is 25.4. The van der Waals surface area contributed by atoms with Crippen LogP contribution < -0.4 is 5.32 Å². The van der Waals surface area contributed by atoms with E-state index in [0.717, 1.165) is 22.4 Å². The van der Waals surface area contributed by atoms with Crippen LogP contribution in [0.5, 0.6) is 0 Å². The minimum absolute atomic E-state index is 0.0741. The highest BCUT2D eigenvalue weighted by Gasteiger charge is 2.33. The molecule has 0 aromatic heterocycles. The molecule has 1 aliphatic rings. The van der Waals surface area contributed by atoms with Gasteiger partial charge < -0.3 is 10.2 Å². The number of hydrogen-bond acceptors (Lipinski definition) is 5. The SMILES string of the molecule is Cc1cc(C)c(NC(=O)CN(C)C(=O)C2CCN(S(=O)(=O)c3ccc(C#N)cc3)CC2)c(C)c1. The van der Waals surface area contributed by atoms with Crippen LogP contribution >= 0.6 is 0 Å². The summed E-state index contributed by atoms with van der Waals surface area (Å²) in [6.45, 7) is 6.24. The molecule has 2 aromatic rings. The molecule has 34 heavy (non-hydrogen) atoms. The van der Waals surface area contributed by atoms with Crippen LogP contribution in [0.25, 0.3) is 0 Å². The van der Waals surface area contributed by atoms with Crippen LogP contribution in [0.1, 0.15) is 35.1 Å². The van der Waals surface area contributed by atoms with Gasteiger partial charge in [-0.05, 0) is 69.0 Å². The number of amides is 2. The van der Waals surface area contributed by atoms with Gasteiger partial charge in [0.15, 0.2) is 0 Å². The third kappa shape index (κ3) is 5.64. The van der Waals surface area contributed by atoms with E-state index in [2.05, 4.69) is 5.32 Å². The Balaban J connectivity index is 1.56. The Morgan fingerprint density at radius 1 is 1.09 bits per heavy atom. The molecule has 0 unspecified atom stereocenters.